The Balaban J connectivity index is 3.88. The summed E-state index contributed by atoms with van der Waals surface area (Å²) in [5.41, 5.74) is 0. The summed E-state index contributed by atoms with van der Waals surface area (Å²) in [6.45, 7) is 11.1. The van der Waals surface area contributed by atoms with E-state index in [2.05, 4.69) is 19.7 Å². The molecule has 0 radical (unpaired) electrons. The Kier molecular flexibility index (Phi) is 5.43. The standard InChI is InChI=1S/C9H15NO/c1-4-7-9(6-3)10(11)8-5-2/h4-6,9,11H,1-3,7-8H2. The van der Waals surface area contributed by atoms with Gasteiger partial charge in [0.25, 0.3) is 0 Å². The van der Waals surface area contributed by atoms with Crippen LogP contribution in [0.2, 0.25) is 0 Å². The molecule has 0 rings (SSSR count). The van der Waals surface area contributed by atoms with Gasteiger partial charge in [0.05, 0.1) is 6.04 Å². The van der Waals surface area contributed by atoms with E-state index in [1.165, 1.54) is 5.06 Å². The van der Waals surface area contributed by atoms with Crippen LogP contribution in [-0.4, -0.2) is 22.9 Å². The highest BCUT2D eigenvalue weighted by Crippen LogP contribution is 2.02. The number of rotatable bonds is 6. The first-order valence-corrected chi connectivity index (χ1v) is 3.56. The lowest BCUT2D eigenvalue weighted by molar-refractivity contribution is -0.102. The SMILES string of the molecule is C=CCC(C=C)N(O)CC=C. The summed E-state index contributed by atoms with van der Waals surface area (Å²) in [6.07, 6.45) is 5.78. The molecule has 0 heterocycles. The average Bonchev–Trinajstić information content (AvgIpc) is 2.00. The van der Waals surface area contributed by atoms with Crippen LogP contribution in [-0.2, 0) is 0 Å². The van der Waals surface area contributed by atoms with Crippen molar-refractivity contribution in [3.8, 4) is 0 Å². The van der Waals surface area contributed by atoms with Crippen molar-refractivity contribution in [2.75, 3.05) is 6.54 Å². The van der Waals surface area contributed by atoms with Crippen molar-refractivity contribution in [3.05, 3.63) is 38.0 Å². The van der Waals surface area contributed by atoms with Gasteiger partial charge in [-0.3, -0.25) is 0 Å². The highest BCUT2D eigenvalue weighted by Gasteiger charge is 2.08. The van der Waals surface area contributed by atoms with Gasteiger partial charge < -0.3 is 5.21 Å². The summed E-state index contributed by atoms with van der Waals surface area (Å²) in [5, 5.41) is 10.5. The van der Waals surface area contributed by atoms with Crippen LogP contribution in [0.3, 0.4) is 0 Å². The van der Waals surface area contributed by atoms with E-state index < -0.39 is 0 Å². The van der Waals surface area contributed by atoms with Crippen molar-refractivity contribution in [1.82, 2.24) is 5.06 Å². The molecule has 0 aliphatic carbocycles. The minimum Gasteiger partial charge on any atom is -0.313 e. The summed E-state index contributed by atoms with van der Waals surface area (Å²) in [6, 6.07) is -0.0505. The molecule has 2 nitrogen and oxygen atoms in total. The Labute approximate surface area is 68.1 Å². The topological polar surface area (TPSA) is 23.5 Å². The first-order chi connectivity index (χ1) is 5.26. The number of hydroxylamine groups is 2. The third-order valence-electron chi connectivity index (χ3n) is 1.38. The summed E-state index contributed by atoms with van der Waals surface area (Å²) in [5.74, 6) is 0. The average molecular weight is 153 g/mol. The van der Waals surface area contributed by atoms with Crippen molar-refractivity contribution >= 4 is 0 Å². The largest absolute Gasteiger partial charge is 0.313 e. The molecule has 0 aliphatic rings. The van der Waals surface area contributed by atoms with Crippen LogP contribution in [0.15, 0.2) is 38.0 Å². The van der Waals surface area contributed by atoms with Crippen LogP contribution in [0.25, 0.3) is 0 Å². The molecule has 62 valence electrons. The predicted octanol–water partition coefficient (Wildman–Crippen LogP) is 1.99. The lowest BCUT2D eigenvalue weighted by atomic mass is 10.2. The third kappa shape index (κ3) is 3.75. The number of hydrogen-bond donors (Lipinski definition) is 1. The fraction of sp³-hybridized carbons (Fsp3) is 0.333. The molecular formula is C9H15NO. The first kappa shape index (κ1) is 10.1. The van der Waals surface area contributed by atoms with Crippen molar-refractivity contribution in [2.24, 2.45) is 0 Å². The van der Waals surface area contributed by atoms with Gasteiger partial charge in [0.2, 0.25) is 0 Å². The fourth-order valence-corrected chi connectivity index (χ4v) is 0.778. The minimum absolute atomic E-state index is 0.0505. The monoisotopic (exact) mass is 153 g/mol. The van der Waals surface area contributed by atoms with Crippen LogP contribution in [0.4, 0.5) is 0 Å². The molecule has 1 N–H and O–H groups in total. The van der Waals surface area contributed by atoms with Gasteiger partial charge in [-0.05, 0) is 6.42 Å². The Morgan fingerprint density at radius 2 is 1.91 bits per heavy atom. The van der Waals surface area contributed by atoms with Crippen LogP contribution < -0.4 is 0 Å². The molecule has 0 aliphatic heterocycles. The van der Waals surface area contributed by atoms with Crippen LogP contribution in [0, 0.1) is 0 Å². The quantitative estimate of drug-likeness (QED) is 0.466. The molecule has 0 fully saturated rings. The van der Waals surface area contributed by atoms with Crippen molar-refractivity contribution in [2.45, 2.75) is 12.5 Å². The Hall–Kier alpha value is -0.860. The van der Waals surface area contributed by atoms with Gasteiger partial charge >= 0.3 is 0 Å². The molecule has 0 aromatic heterocycles. The predicted molar refractivity (Wildman–Crippen MR) is 47.5 cm³/mol. The maximum Gasteiger partial charge on any atom is 0.0565 e. The zero-order chi connectivity index (χ0) is 8.69. The second-order valence-electron chi connectivity index (χ2n) is 2.24. The lowest BCUT2D eigenvalue weighted by Crippen LogP contribution is -2.30. The minimum atomic E-state index is -0.0505. The molecule has 0 aromatic rings. The van der Waals surface area contributed by atoms with Crippen LogP contribution in [0.5, 0.6) is 0 Å². The van der Waals surface area contributed by atoms with Gasteiger partial charge in [-0.1, -0.05) is 18.2 Å². The van der Waals surface area contributed by atoms with Crippen LogP contribution >= 0.6 is 0 Å². The normalized spacial score (nSPS) is 12.5. The molecule has 0 saturated carbocycles. The van der Waals surface area contributed by atoms with Gasteiger partial charge in [-0.15, -0.1) is 19.7 Å². The molecule has 2 heteroatoms. The molecule has 1 atom stereocenters. The number of hydrogen-bond acceptors (Lipinski definition) is 2. The van der Waals surface area contributed by atoms with E-state index in [4.69, 9.17) is 0 Å². The number of nitrogens with zero attached hydrogens (tertiary/aromatic N) is 1. The van der Waals surface area contributed by atoms with E-state index in [-0.39, 0.29) is 6.04 Å². The lowest BCUT2D eigenvalue weighted by Gasteiger charge is -2.19. The van der Waals surface area contributed by atoms with Crippen molar-refractivity contribution in [3.63, 3.8) is 0 Å². The molecule has 0 saturated heterocycles. The van der Waals surface area contributed by atoms with Gasteiger partial charge in [0.15, 0.2) is 0 Å². The second kappa shape index (κ2) is 5.89. The Morgan fingerprint density at radius 3 is 2.27 bits per heavy atom. The van der Waals surface area contributed by atoms with Crippen molar-refractivity contribution < 1.29 is 5.21 Å². The second-order valence-corrected chi connectivity index (χ2v) is 2.24. The Bertz CT molecular complexity index is 142. The van der Waals surface area contributed by atoms with E-state index in [1.807, 2.05) is 0 Å². The molecule has 0 amide bonds. The summed E-state index contributed by atoms with van der Waals surface area (Å²) >= 11 is 0. The van der Waals surface area contributed by atoms with E-state index >= 15 is 0 Å². The highest BCUT2D eigenvalue weighted by atomic mass is 16.5. The highest BCUT2D eigenvalue weighted by molar-refractivity contribution is 4.91. The Morgan fingerprint density at radius 1 is 1.27 bits per heavy atom. The summed E-state index contributed by atoms with van der Waals surface area (Å²) in [7, 11) is 0. The van der Waals surface area contributed by atoms with Crippen molar-refractivity contribution in [1.29, 1.82) is 0 Å². The fourth-order valence-electron chi connectivity index (χ4n) is 0.778. The molecule has 11 heavy (non-hydrogen) atoms. The smallest absolute Gasteiger partial charge is 0.0565 e. The maximum atomic E-state index is 9.28. The van der Waals surface area contributed by atoms with Gasteiger partial charge in [-0.25, -0.2) is 0 Å². The summed E-state index contributed by atoms with van der Waals surface area (Å²) in [4.78, 5) is 0. The zero-order valence-corrected chi connectivity index (χ0v) is 6.74. The van der Waals surface area contributed by atoms with Gasteiger partial charge in [-0.2, -0.15) is 5.06 Å². The van der Waals surface area contributed by atoms with Gasteiger partial charge in [0, 0.05) is 6.54 Å². The third-order valence-corrected chi connectivity index (χ3v) is 1.38. The molecule has 0 bridgehead atoms. The molecular weight excluding hydrogens is 138 g/mol. The van der Waals surface area contributed by atoms with E-state index in [1.54, 1.807) is 18.2 Å². The molecule has 1 unspecified atom stereocenters. The van der Waals surface area contributed by atoms with E-state index in [9.17, 15) is 5.21 Å². The molecule has 0 spiro atoms. The zero-order valence-electron chi connectivity index (χ0n) is 6.74. The first-order valence-electron chi connectivity index (χ1n) is 3.56. The van der Waals surface area contributed by atoms with E-state index in [0.29, 0.717) is 13.0 Å². The molecule has 0 aromatic carbocycles. The van der Waals surface area contributed by atoms with E-state index in [0.717, 1.165) is 0 Å². The van der Waals surface area contributed by atoms with Crippen LogP contribution in [0.1, 0.15) is 6.42 Å². The maximum absolute atomic E-state index is 9.28. The van der Waals surface area contributed by atoms with Gasteiger partial charge in [0.1, 0.15) is 0 Å². The summed E-state index contributed by atoms with van der Waals surface area (Å²) < 4.78 is 0.